The van der Waals surface area contributed by atoms with Gasteiger partial charge in [-0.3, -0.25) is 4.79 Å². The van der Waals surface area contributed by atoms with Crippen molar-refractivity contribution in [1.29, 1.82) is 0 Å². The van der Waals surface area contributed by atoms with Crippen LogP contribution in [0.4, 0.5) is 0 Å². The lowest BCUT2D eigenvalue weighted by Gasteiger charge is -2.24. The minimum absolute atomic E-state index is 0.148. The summed E-state index contributed by atoms with van der Waals surface area (Å²) in [6.07, 6.45) is 4.17. The van der Waals surface area contributed by atoms with E-state index in [9.17, 15) is 4.79 Å². The molecule has 0 saturated carbocycles. The van der Waals surface area contributed by atoms with Crippen LogP contribution in [0.15, 0.2) is 0 Å². The predicted molar refractivity (Wildman–Crippen MR) is 73.8 cm³/mol. The van der Waals surface area contributed by atoms with Crippen LogP contribution in [-0.4, -0.2) is 30.4 Å². The van der Waals surface area contributed by atoms with Gasteiger partial charge in [-0.25, -0.2) is 0 Å². The molecule has 0 bridgehead atoms. The SMILES string of the molecule is CCCCC(C)C(=O)N(C)CCC(N)C(C)C. The normalized spacial score (nSPS) is 14.8. The lowest BCUT2D eigenvalue weighted by Crippen LogP contribution is -2.37. The first-order valence-corrected chi connectivity index (χ1v) is 6.90. The van der Waals surface area contributed by atoms with E-state index >= 15 is 0 Å². The molecular weight excluding hydrogens is 212 g/mol. The molecule has 1 amide bonds. The van der Waals surface area contributed by atoms with Crippen LogP contribution < -0.4 is 5.73 Å². The third kappa shape index (κ3) is 6.67. The van der Waals surface area contributed by atoms with Gasteiger partial charge < -0.3 is 10.6 Å². The van der Waals surface area contributed by atoms with Crippen molar-refractivity contribution >= 4 is 5.91 Å². The van der Waals surface area contributed by atoms with Crippen molar-refractivity contribution in [2.24, 2.45) is 17.6 Å². The second-order valence-corrected chi connectivity index (χ2v) is 5.50. The van der Waals surface area contributed by atoms with Crippen molar-refractivity contribution in [2.45, 2.75) is 59.4 Å². The first-order chi connectivity index (χ1) is 7.90. The van der Waals surface area contributed by atoms with Gasteiger partial charge in [0.15, 0.2) is 0 Å². The molecule has 0 aliphatic heterocycles. The summed E-state index contributed by atoms with van der Waals surface area (Å²) in [5.41, 5.74) is 5.98. The molecule has 0 aromatic carbocycles. The van der Waals surface area contributed by atoms with E-state index in [1.807, 2.05) is 18.9 Å². The Labute approximate surface area is 107 Å². The fourth-order valence-electron chi connectivity index (χ4n) is 1.80. The number of hydrogen-bond donors (Lipinski definition) is 1. The molecule has 17 heavy (non-hydrogen) atoms. The number of hydrogen-bond acceptors (Lipinski definition) is 2. The summed E-state index contributed by atoms with van der Waals surface area (Å²) in [4.78, 5) is 13.9. The largest absolute Gasteiger partial charge is 0.345 e. The number of amides is 1. The van der Waals surface area contributed by atoms with Crippen molar-refractivity contribution in [3.8, 4) is 0 Å². The van der Waals surface area contributed by atoms with Gasteiger partial charge in [0.05, 0.1) is 0 Å². The minimum atomic E-state index is 0.148. The minimum Gasteiger partial charge on any atom is -0.345 e. The van der Waals surface area contributed by atoms with Gasteiger partial charge in [-0.2, -0.15) is 0 Å². The smallest absolute Gasteiger partial charge is 0.225 e. The van der Waals surface area contributed by atoms with Crippen molar-refractivity contribution in [2.75, 3.05) is 13.6 Å². The summed E-state index contributed by atoms with van der Waals surface area (Å²) in [6.45, 7) is 9.20. The van der Waals surface area contributed by atoms with Crippen molar-refractivity contribution < 1.29 is 4.79 Å². The summed E-state index contributed by atoms with van der Waals surface area (Å²) >= 11 is 0. The number of unbranched alkanes of at least 4 members (excludes halogenated alkanes) is 1. The Bertz CT molecular complexity index is 216. The van der Waals surface area contributed by atoms with Gasteiger partial charge in [0.25, 0.3) is 0 Å². The van der Waals surface area contributed by atoms with Crippen LogP contribution in [0.5, 0.6) is 0 Å². The topological polar surface area (TPSA) is 46.3 Å². The van der Waals surface area contributed by atoms with Gasteiger partial charge in [-0.15, -0.1) is 0 Å². The summed E-state index contributed by atoms with van der Waals surface area (Å²) in [7, 11) is 1.89. The fourth-order valence-corrected chi connectivity index (χ4v) is 1.80. The molecule has 0 spiro atoms. The van der Waals surface area contributed by atoms with E-state index in [2.05, 4.69) is 20.8 Å². The molecule has 0 saturated heterocycles. The first-order valence-electron chi connectivity index (χ1n) is 6.90. The van der Waals surface area contributed by atoms with Gasteiger partial charge >= 0.3 is 0 Å². The zero-order chi connectivity index (χ0) is 13.4. The van der Waals surface area contributed by atoms with E-state index < -0.39 is 0 Å². The maximum absolute atomic E-state index is 12.0. The Kier molecular flexibility index (Phi) is 8.23. The van der Waals surface area contributed by atoms with Crippen LogP contribution in [0, 0.1) is 11.8 Å². The van der Waals surface area contributed by atoms with Crippen LogP contribution in [-0.2, 0) is 4.79 Å². The molecule has 0 aromatic rings. The monoisotopic (exact) mass is 242 g/mol. The molecule has 0 aromatic heterocycles. The number of nitrogens with two attached hydrogens (primary N) is 1. The molecule has 0 radical (unpaired) electrons. The van der Waals surface area contributed by atoms with Crippen LogP contribution >= 0.6 is 0 Å². The van der Waals surface area contributed by atoms with E-state index in [0.717, 1.165) is 32.2 Å². The molecule has 2 atom stereocenters. The summed E-state index contributed by atoms with van der Waals surface area (Å²) in [5, 5.41) is 0. The molecule has 3 nitrogen and oxygen atoms in total. The Morgan fingerprint density at radius 1 is 1.24 bits per heavy atom. The van der Waals surface area contributed by atoms with E-state index in [1.165, 1.54) is 0 Å². The average molecular weight is 242 g/mol. The fraction of sp³-hybridized carbons (Fsp3) is 0.929. The van der Waals surface area contributed by atoms with E-state index in [4.69, 9.17) is 5.73 Å². The van der Waals surface area contributed by atoms with E-state index in [1.54, 1.807) is 0 Å². The maximum Gasteiger partial charge on any atom is 0.225 e. The number of rotatable bonds is 8. The second-order valence-electron chi connectivity index (χ2n) is 5.50. The zero-order valence-corrected chi connectivity index (χ0v) is 12.2. The van der Waals surface area contributed by atoms with E-state index in [0.29, 0.717) is 5.92 Å². The third-order valence-corrected chi connectivity index (χ3v) is 3.44. The number of carbonyl (C=O) groups is 1. The molecular formula is C14H30N2O. The molecule has 0 aliphatic carbocycles. The highest BCUT2D eigenvalue weighted by Gasteiger charge is 2.17. The molecule has 0 rings (SSSR count). The van der Waals surface area contributed by atoms with Gasteiger partial charge in [-0.1, -0.05) is 40.5 Å². The van der Waals surface area contributed by atoms with E-state index in [-0.39, 0.29) is 17.9 Å². The van der Waals surface area contributed by atoms with Crippen LogP contribution in [0.1, 0.15) is 53.4 Å². The highest BCUT2D eigenvalue weighted by molar-refractivity contribution is 5.78. The summed E-state index contributed by atoms with van der Waals surface area (Å²) in [5.74, 6) is 0.889. The molecule has 0 heterocycles. The summed E-state index contributed by atoms with van der Waals surface area (Å²) in [6, 6.07) is 0.191. The second kappa shape index (κ2) is 8.51. The van der Waals surface area contributed by atoms with Crippen LogP contribution in [0.25, 0.3) is 0 Å². The average Bonchev–Trinajstić information content (AvgIpc) is 2.31. The lowest BCUT2D eigenvalue weighted by molar-refractivity contribution is -0.134. The third-order valence-electron chi connectivity index (χ3n) is 3.44. The zero-order valence-electron chi connectivity index (χ0n) is 12.2. The highest BCUT2D eigenvalue weighted by atomic mass is 16.2. The maximum atomic E-state index is 12.0. The highest BCUT2D eigenvalue weighted by Crippen LogP contribution is 2.11. The lowest BCUT2D eigenvalue weighted by atomic mass is 10.0. The molecule has 0 fully saturated rings. The Morgan fingerprint density at radius 2 is 1.82 bits per heavy atom. The Morgan fingerprint density at radius 3 is 2.29 bits per heavy atom. The van der Waals surface area contributed by atoms with Crippen molar-refractivity contribution in [3.05, 3.63) is 0 Å². The molecule has 2 unspecified atom stereocenters. The number of nitrogens with zero attached hydrogens (tertiary/aromatic N) is 1. The molecule has 3 heteroatoms. The molecule has 102 valence electrons. The first kappa shape index (κ1) is 16.4. The molecule has 0 aliphatic rings. The quantitative estimate of drug-likeness (QED) is 0.711. The van der Waals surface area contributed by atoms with Crippen LogP contribution in [0.2, 0.25) is 0 Å². The Hall–Kier alpha value is -0.570. The van der Waals surface area contributed by atoms with Crippen molar-refractivity contribution in [3.63, 3.8) is 0 Å². The van der Waals surface area contributed by atoms with Crippen LogP contribution in [0.3, 0.4) is 0 Å². The Balaban J connectivity index is 3.96. The summed E-state index contributed by atoms with van der Waals surface area (Å²) < 4.78 is 0. The standard InChI is InChI=1S/C14H30N2O/c1-6-7-8-12(4)14(17)16(5)10-9-13(15)11(2)3/h11-13H,6-10,15H2,1-5H3. The van der Waals surface area contributed by atoms with Gasteiger partial charge in [0.1, 0.15) is 0 Å². The predicted octanol–water partition coefficient (Wildman–Crippen LogP) is 2.64. The van der Waals surface area contributed by atoms with Gasteiger partial charge in [0, 0.05) is 25.6 Å². The van der Waals surface area contributed by atoms with Crippen molar-refractivity contribution in [1.82, 2.24) is 4.90 Å². The molecule has 2 N–H and O–H groups in total. The van der Waals surface area contributed by atoms with Gasteiger partial charge in [-0.05, 0) is 18.8 Å². The number of carbonyl (C=O) groups excluding carboxylic acids is 1. The van der Waals surface area contributed by atoms with Gasteiger partial charge in [0.2, 0.25) is 5.91 Å².